The van der Waals surface area contributed by atoms with Crippen LogP contribution in [0, 0.1) is 0 Å². The highest BCUT2D eigenvalue weighted by atomic mass is 32.2. The lowest BCUT2D eigenvalue weighted by Crippen LogP contribution is -2.45. The summed E-state index contributed by atoms with van der Waals surface area (Å²) in [5.74, 6) is 1.35. The first-order chi connectivity index (χ1) is 5.83. The fourth-order valence-corrected chi connectivity index (χ4v) is 3.54. The molecule has 0 aromatic rings. The lowest BCUT2D eigenvalue weighted by atomic mass is 10.1. The zero-order valence-electron chi connectivity index (χ0n) is 8.36. The molecule has 0 unspecified atom stereocenters. The molecule has 0 amide bonds. The Kier molecular flexibility index (Phi) is 4.44. The first-order valence-corrected chi connectivity index (χ1v) is 6.20. The Morgan fingerprint density at radius 3 is 2.33 bits per heavy atom. The molecule has 0 atom stereocenters. The van der Waals surface area contributed by atoms with Crippen molar-refractivity contribution in [3.05, 3.63) is 0 Å². The average Bonchev–Trinajstić information content (AvgIpc) is 2.07. The summed E-state index contributed by atoms with van der Waals surface area (Å²) in [6.07, 6.45) is 6.64. The Morgan fingerprint density at radius 2 is 1.92 bits per heavy atom. The quantitative estimate of drug-likeness (QED) is 0.726. The fraction of sp³-hybridized carbons (Fsp3) is 1.00. The normalized spacial score (nSPS) is 22.5. The monoisotopic (exact) mass is 187 g/mol. The van der Waals surface area contributed by atoms with Gasteiger partial charge in [-0.05, 0) is 31.6 Å². The molecule has 1 aliphatic heterocycles. The van der Waals surface area contributed by atoms with Gasteiger partial charge < -0.3 is 5.32 Å². The zero-order valence-corrected chi connectivity index (χ0v) is 9.17. The molecule has 0 aromatic carbocycles. The summed E-state index contributed by atoms with van der Waals surface area (Å²) in [5.41, 5.74) is 0. The van der Waals surface area contributed by atoms with Gasteiger partial charge in [0.2, 0.25) is 0 Å². The van der Waals surface area contributed by atoms with Gasteiger partial charge in [0.1, 0.15) is 0 Å². The predicted molar refractivity (Wildman–Crippen MR) is 57.6 cm³/mol. The van der Waals surface area contributed by atoms with Gasteiger partial charge in [0, 0.05) is 0 Å². The second kappa shape index (κ2) is 5.13. The maximum atomic E-state index is 3.70. The van der Waals surface area contributed by atoms with Crippen LogP contribution in [0.2, 0.25) is 0 Å². The molecule has 1 N–H and O–H groups in total. The van der Waals surface area contributed by atoms with E-state index in [1.165, 1.54) is 44.4 Å². The predicted octanol–water partition coefficient (Wildman–Crippen LogP) is 3.01. The number of rotatable bonds is 4. The summed E-state index contributed by atoms with van der Waals surface area (Å²) in [6, 6.07) is 0. The highest BCUT2D eigenvalue weighted by molar-refractivity contribution is 8.00. The lowest BCUT2D eigenvalue weighted by molar-refractivity contribution is 0.392. The van der Waals surface area contributed by atoms with Crippen LogP contribution in [-0.4, -0.2) is 17.2 Å². The third-order valence-electron chi connectivity index (χ3n) is 2.45. The molecule has 0 bridgehead atoms. The van der Waals surface area contributed by atoms with Gasteiger partial charge in [0.25, 0.3) is 0 Å². The Morgan fingerprint density at radius 1 is 1.25 bits per heavy atom. The van der Waals surface area contributed by atoms with E-state index in [9.17, 15) is 0 Å². The van der Waals surface area contributed by atoms with Crippen molar-refractivity contribution in [2.24, 2.45) is 0 Å². The SMILES string of the molecule is CCCC1(CCC)NCCCS1. The molecule has 72 valence electrons. The van der Waals surface area contributed by atoms with Gasteiger partial charge in [-0.2, -0.15) is 0 Å². The molecule has 2 heteroatoms. The van der Waals surface area contributed by atoms with E-state index in [2.05, 4.69) is 30.9 Å². The van der Waals surface area contributed by atoms with Crippen LogP contribution < -0.4 is 5.32 Å². The molecule has 0 aromatic heterocycles. The number of nitrogens with one attached hydrogen (secondary N) is 1. The van der Waals surface area contributed by atoms with E-state index >= 15 is 0 Å². The van der Waals surface area contributed by atoms with Gasteiger partial charge in [-0.25, -0.2) is 0 Å². The maximum absolute atomic E-state index is 3.70. The summed E-state index contributed by atoms with van der Waals surface area (Å²) in [4.78, 5) is 0.446. The molecule has 1 rings (SSSR count). The van der Waals surface area contributed by atoms with E-state index < -0.39 is 0 Å². The van der Waals surface area contributed by atoms with E-state index in [-0.39, 0.29) is 0 Å². The van der Waals surface area contributed by atoms with Crippen molar-refractivity contribution in [1.29, 1.82) is 0 Å². The number of hydrogen-bond donors (Lipinski definition) is 1. The lowest BCUT2D eigenvalue weighted by Gasteiger charge is -2.37. The minimum absolute atomic E-state index is 0.446. The third-order valence-corrected chi connectivity index (χ3v) is 4.05. The maximum Gasteiger partial charge on any atom is 0.0645 e. The fourth-order valence-electron chi connectivity index (χ4n) is 1.96. The van der Waals surface area contributed by atoms with Gasteiger partial charge in [0.05, 0.1) is 4.87 Å². The molecule has 1 fully saturated rings. The van der Waals surface area contributed by atoms with E-state index in [1.807, 2.05) is 0 Å². The molecule has 1 aliphatic rings. The first-order valence-electron chi connectivity index (χ1n) is 5.22. The van der Waals surface area contributed by atoms with Crippen molar-refractivity contribution >= 4 is 11.8 Å². The molecular weight excluding hydrogens is 166 g/mol. The van der Waals surface area contributed by atoms with Gasteiger partial charge in [-0.3, -0.25) is 0 Å². The Bertz CT molecular complexity index is 103. The number of thioether (sulfide) groups is 1. The van der Waals surface area contributed by atoms with Crippen LogP contribution in [-0.2, 0) is 0 Å². The molecular formula is C10H21NS. The van der Waals surface area contributed by atoms with E-state index in [0.717, 1.165) is 0 Å². The summed E-state index contributed by atoms with van der Waals surface area (Å²) >= 11 is 2.15. The van der Waals surface area contributed by atoms with E-state index in [1.54, 1.807) is 0 Å². The van der Waals surface area contributed by atoms with Crippen LogP contribution in [0.25, 0.3) is 0 Å². The van der Waals surface area contributed by atoms with Crippen LogP contribution in [0.1, 0.15) is 46.0 Å². The molecule has 0 saturated carbocycles. The molecule has 0 spiro atoms. The molecule has 1 heterocycles. The number of hydrogen-bond acceptors (Lipinski definition) is 2. The van der Waals surface area contributed by atoms with Crippen molar-refractivity contribution in [1.82, 2.24) is 5.32 Å². The second-order valence-electron chi connectivity index (χ2n) is 3.62. The van der Waals surface area contributed by atoms with Crippen LogP contribution in [0.5, 0.6) is 0 Å². The van der Waals surface area contributed by atoms with Crippen molar-refractivity contribution < 1.29 is 0 Å². The smallest absolute Gasteiger partial charge is 0.0645 e. The van der Waals surface area contributed by atoms with Crippen molar-refractivity contribution in [2.45, 2.75) is 50.8 Å². The highest BCUT2D eigenvalue weighted by Crippen LogP contribution is 2.35. The van der Waals surface area contributed by atoms with Crippen molar-refractivity contribution in [3.63, 3.8) is 0 Å². The molecule has 0 radical (unpaired) electrons. The molecule has 1 nitrogen and oxygen atoms in total. The van der Waals surface area contributed by atoms with Crippen LogP contribution >= 0.6 is 11.8 Å². The molecule has 0 aliphatic carbocycles. The van der Waals surface area contributed by atoms with Gasteiger partial charge in [-0.1, -0.05) is 26.7 Å². The Balaban J connectivity index is 2.44. The first kappa shape index (κ1) is 10.4. The van der Waals surface area contributed by atoms with Gasteiger partial charge in [-0.15, -0.1) is 11.8 Å². The molecule has 1 saturated heterocycles. The van der Waals surface area contributed by atoms with E-state index in [0.29, 0.717) is 4.87 Å². The summed E-state index contributed by atoms with van der Waals surface area (Å²) < 4.78 is 0. The van der Waals surface area contributed by atoms with Crippen molar-refractivity contribution in [2.75, 3.05) is 12.3 Å². The average molecular weight is 187 g/mol. The summed E-state index contributed by atoms with van der Waals surface area (Å²) in [7, 11) is 0. The molecule has 12 heavy (non-hydrogen) atoms. The van der Waals surface area contributed by atoms with Crippen LogP contribution in [0.3, 0.4) is 0 Å². The van der Waals surface area contributed by atoms with Gasteiger partial charge >= 0.3 is 0 Å². The Hall–Kier alpha value is 0.310. The minimum atomic E-state index is 0.446. The highest BCUT2D eigenvalue weighted by Gasteiger charge is 2.29. The second-order valence-corrected chi connectivity index (χ2v) is 5.10. The van der Waals surface area contributed by atoms with Gasteiger partial charge in [0.15, 0.2) is 0 Å². The topological polar surface area (TPSA) is 12.0 Å². The largest absolute Gasteiger partial charge is 0.303 e. The zero-order chi connectivity index (χ0) is 8.86. The standard InChI is InChI=1S/C10H21NS/c1-3-6-10(7-4-2)11-8-5-9-12-10/h11H,3-9H2,1-2H3. The van der Waals surface area contributed by atoms with Crippen molar-refractivity contribution in [3.8, 4) is 0 Å². The van der Waals surface area contributed by atoms with E-state index in [4.69, 9.17) is 0 Å². The third kappa shape index (κ3) is 2.67. The minimum Gasteiger partial charge on any atom is -0.303 e. The van der Waals surface area contributed by atoms with Crippen LogP contribution in [0.15, 0.2) is 0 Å². The summed E-state index contributed by atoms with van der Waals surface area (Å²) in [6.45, 7) is 5.80. The Labute approximate surface area is 80.7 Å². The van der Waals surface area contributed by atoms with Crippen LogP contribution in [0.4, 0.5) is 0 Å². The summed E-state index contributed by atoms with van der Waals surface area (Å²) in [5, 5.41) is 3.70.